The van der Waals surface area contributed by atoms with Crippen molar-refractivity contribution < 1.29 is 23.8 Å². The van der Waals surface area contributed by atoms with Gasteiger partial charge in [-0.2, -0.15) is 0 Å². The number of ether oxygens (including phenoxy) is 3. The van der Waals surface area contributed by atoms with Crippen molar-refractivity contribution in [3.8, 4) is 0 Å². The summed E-state index contributed by atoms with van der Waals surface area (Å²) < 4.78 is 17.3. The summed E-state index contributed by atoms with van der Waals surface area (Å²) in [7, 11) is 0. The number of rotatable bonds is 33. The van der Waals surface area contributed by atoms with E-state index in [9.17, 15) is 9.59 Å². The van der Waals surface area contributed by atoms with Crippen LogP contribution in [0, 0.1) is 0 Å². The first-order valence-electron chi connectivity index (χ1n) is 19.2. The van der Waals surface area contributed by atoms with E-state index in [1.54, 1.807) is 20.8 Å². The van der Waals surface area contributed by atoms with Gasteiger partial charge in [0.05, 0.1) is 19.3 Å². The lowest BCUT2D eigenvalue weighted by molar-refractivity contribution is -0.121. The van der Waals surface area contributed by atoms with E-state index in [0.29, 0.717) is 19.8 Å². The van der Waals surface area contributed by atoms with Gasteiger partial charge < -0.3 is 24.8 Å². The molecule has 1 unspecified atom stereocenters. The lowest BCUT2D eigenvalue weighted by Gasteiger charge is -2.20. The largest absolute Gasteiger partial charge is 0.444 e. The minimum Gasteiger partial charge on any atom is -0.444 e. The summed E-state index contributed by atoms with van der Waals surface area (Å²) in [5.74, 6) is -0.263. The smallest absolute Gasteiger partial charge is 0.408 e. The molecule has 0 aliphatic heterocycles. The molecule has 2 amide bonds. The van der Waals surface area contributed by atoms with Crippen LogP contribution in [0.25, 0.3) is 0 Å². The second kappa shape index (κ2) is 32.6. The lowest BCUT2D eigenvalue weighted by atomic mass is 10.1. The van der Waals surface area contributed by atoms with Gasteiger partial charge in [0, 0.05) is 19.8 Å². The summed E-state index contributed by atoms with van der Waals surface area (Å²) in [6.07, 6.45) is 30.9. The maximum absolute atomic E-state index is 12.3. The zero-order chi connectivity index (χ0) is 33.3. The normalized spacial score (nSPS) is 12.3. The number of nitrogens with one attached hydrogen (secondary N) is 2. The molecule has 7 heteroatoms. The lowest BCUT2D eigenvalue weighted by Crippen LogP contribution is -2.43. The highest BCUT2D eigenvalue weighted by atomic mass is 16.6. The number of carbonyl (C=O) groups is 2. The highest BCUT2D eigenvalue weighted by molar-refractivity contribution is 5.82. The molecule has 0 saturated heterocycles. The van der Waals surface area contributed by atoms with Crippen LogP contribution >= 0.6 is 0 Å². The molecule has 0 aromatic rings. The number of unbranched alkanes of at least 4 members (excludes halogenated alkanes) is 22. The minimum absolute atomic E-state index is 0.125. The van der Waals surface area contributed by atoms with Gasteiger partial charge in [0.1, 0.15) is 5.60 Å². The van der Waals surface area contributed by atoms with Gasteiger partial charge in [-0.05, 0) is 33.6 Å². The Bertz CT molecular complexity index is 653. The highest BCUT2D eigenvalue weighted by Crippen LogP contribution is 2.13. The molecule has 0 aliphatic carbocycles. The van der Waals surface area contributed by atoms with Crippen LogP contribution in [-0.4, -0.2) is 56.6 Å². The molecule has 7 nitrogen and oxygen atoms in total. The molecule has 0 aromatic heterocycles. The first-order chi connectivity index (χ1) is 21.8. The summed E-state index contributed by atoms with van der Waals surface area (Å²) in [6.45, 7) is 12.0. The maximum atomic E-state index is 12.3. The van der Waals surface area contributed by atoms with Gasteiger partial charge in [0.25, 0.3) is 0 Å². The van der Waals surface area contributed by atoms with E-state index in [1.165, 1.54) is 141 Å². The summed E-state index contributed by atoms with van der Waals surface area (Å²) >= 11 is 0. The third kappa shape index (κ3) is 35.4. The molecule has 1 atom stereocenters. The molecule has 268 valence electrons. The average Bonchev–Trinajstić information content (AvgIpc) is 3.00. The Kier molecular flexibility index (Phi) is 31.6. The Morgan fingerprint density at radius 2 is 0.956 bits per heavy atom. The van der Waals surface area contributed by atoms with E-state index in [1.807, 2.05) is 0 Å². The SMILES string of the molecule is CCCCCCCCCCCCCCOCC(CNC(=O)CNC(=O)OC(C)(C)C)OCCCCCCCCCCCCCC. The number of alkyl carbamates (subject to hydrolysis) is 1. The average molecular weight is 641 g/mol. The van der Waals surface area contributed by atoms with Crippen LogP contribution in [0.15, 0.2) is 0 Å². The van der Waals surface area contributed by atoms with Crippen LogP contribution in [0.4, 0.5) is 4.79 Å². The van der Waals surface area contributed by atoms with Crippen LogP contribution in [0.2, 0.25) is 0 Å². The van der Waals surface area contributed by atoms with Gasteiger partial charge in [0.2, 0.25) is 5.91 Å². The van der Waals surface area contributed by atoms with Crippen LogP contribution in [0.5, 0.6) is 0 Å². The highest BCUT2D eigenvalue weighted by Gasteiger charge is 2.17. The third-order valence-electron chi connectivity index (χ3n) is 8.12. The summed E-state index contributed by atoms with van der Waals surface area (Å²) in [6, 6.07) is 0. The molecular weight excluding hydrogens is 564 g/mol. The number of amides is 2. The van der Waals surface area contributed by atoms with Crippen molar-refractivity contribution in [1.29, 1.82) is 0 Å². The number of carbonyl (C=O) groups excluding carboxylic acids is 2. The molecule has 2 N–H and O–H groups in total. The molecule has 0 fully saturated rings. The van der Waals surface area contributed by atoms with E-state index >= 15 is 0 Å². The van der Waals surface area contributed by atoms with Crippen molar-refractivity contribution in [2.24, 2.45) is 0 Å². The molecule has 0 aliphatic rings. The third-order valence-corrected chi connectivity index (χ3v) is 8.12. The molecule has 0 aromatic carbocycles. The molecule has 0 radical (unpaired) electrons. The van der Waals surface area contributed by atoms with Crippen LogP contribution in [0.1, 0.15) is 189 Å². The molecule has 45 heavy (non-hydrogen) atoms. The topological polar surface area (TPSA) is 85.9 Å². The molecule has 0 rings (SSSR count). The van der Waals surface area contributed by atoms with Crippen molar-refractivity contribution in [1.82, 2.24) is 10.6 Å². The first kappa shape index (κ1) is 43.7. The van der Waals surface area contributed by atoms with Crippen molar-refractivity contribution in [3.63, 3.8) is 0 Å². The predicted octanol–water partition coefficient (Wildman–Crippen LogP) is 10.4. The fourth-order valence-corrected chi connectivity index (χ4v) is 5.38. The molecule has 0 bridgehead atoms. The van der Waals surface area contributed by atoms with E-state index < -0.39 is 11.7 Å². The van der Waals surface area contributed by atoms with E-state index in [4.69, 9.17) is 14.2 Å². The van der Waals surface area contributed by atoms with Crippen LogP contribution in [0.3, 0.4) is 0 Å². The van der Waals surface area contributed by atoms with E-state index in [2.05, 4.69) is 24.5 Å². The number of hydrogen-bond acceptors (Lipinski definition) is 5. The number of hydrogen-bond donors (Lipinski definition) is 2. The quantitative estimate of drug-likeness (QED) is 0.0697. The standard InChI is InChI=1S/C38H76N2O5/c1-6-8-10-12-14-16-18-20-22-24-26-28-30-43-34-35(32-39-36(41)33-40-37(42)45-38(3,4)5)44-31-29-27-25-23-21-19-17-15-13-11-9-7-2/h35H,6-34H2,1-5H3,(H,39,41)(H,40,42). The van der Waals surface area contributed by atoms with Crippen molar-refractivity contribution in [2.45, 2.75) is 200 Å². The summed E-state index contributed by atoms with van der Waals surface area (Å²) in [4.78, 5) is 24.2. The fraction of sp³-hybridized carbons (Fsp3) is 0.947. The fourth-order valence-electron chi connectivity index (χ4n) is 5.38. The Balaban J connectivity index is 4.12. The van der Waals surface area contributed by atoms with E-state index in [0.717, 1.165) is 19.4 Å². The van der Waals surface area contributed by atoms with Gasteiger partial charge in [0.15, 0.2) is 0 Å². The van der Waals surface area contributed by atoms with E-state index in [-0.39, 0.29) is 18.6 Å². The van der Waals surface area contributed by atoms with Gasteiger partial charge >= 0.3 is 6.09 Å². The summed E-state index contributed by atoms with van der Waals surface area (Å²) in [5.41, 5.74) is -0.599. The van der Waals surface area contributed by atoms with Crippen LogP contribution < -0.4 is 10.6 Å². The molecule has 0 saturated carbocycles. The summed E-state index contributed by atoms with van der Waals surface area (Å²) in [5, 5.41) is 5.39. The van der Waals surface area contributed by atoms with Crippen LogP contribution in [-0.2, 0) is 19.0 Å². The zero-order valence-electron chi connectivity index (χ0n) is 30.6. The monoisotopic (exact) mass is 641 g/mol. The first-order valence-corrected chi connectivity index (χ1v) is 19.2. The molecular formula is C38H76N2O5. The molecule has 0 heterocycles. The van der Waals surface area contributed by atoms with Gasteiger partial charge in [-0.15, -0.1) is 0 Å². The van der Waals surface area contributed by atoms with Crippen molar-refractivity contribution >= 4 is 12.0 Å². The second-order valence-corrected chi connectivity index (χ2v) is 14.0. The second-order valence-electron chi connectivity index (χ2n) is 14.0. The van der Waals surface area contributed by atoms with Gasteiger partial charge in [-0.25, -0.2) is 4.79 Å². The zero-order valence-corrected chi connectivity index (χ0v) is 30.6. The predicted molar refractivity (Wildman–Crippen MR) is 190 cm³/mol. The minimum atomic E-state index is -0.599. The Morgan fingerprint density at radius 3 is 1.38 bits per heavy atom. The Hall–Kier alpha value is -1.34. The van der Waals surface area contributed by atoms with Gasteiger partial charge in [-0.1, -0.05) is 155 Å². The van der Waals surface area contributed by atoms with Gasteiger partial charge in [-0.3, -0.25) is 4.79 Å². The Labute approximate surface area is 279 Å². The van der Waals surface area contributed by atoms with Crippen molar-refractivity contribution in [2.75, 3.05) is 32.9 Å². The maximum Gasteiger partial charge on any atom is 0.408 e. The van der Waals surface area contributed by atoms with Crippen molar-refractivity contribution in [3.05, 3.63) is 0 Å². The molecule has 0 spiro atoms. The Morgan fingerprint density at radius 1 is 0.556 bits per heavy atom.